The highest BCUT2D eigenvalue weighted by Crippen LogP contribution is 2.13. The topological polar surface area (TPSA) is 50.4 Å². The van der Waals surface area contributed by atoms with Gasteiger partial charge in [0.25, 0.3) is 5.91 Å². The third-order valence-corrected chi connectivity index (χ3v) is 3.77. The fourth-order valence-electron chi connectivity index (χ4n) is 2.37. The van der Waals surface area contributed by atoms with E-state index in [-0.39, 0.29) is 5.91 Å². The molecule has 1 aromatic rings. The summed E-state index contributed by atoms with van der Waals surface area (Å²) in [6, 6.07) is 7.37. The van der Waals surface area contributed by atoms with Gasteiger partial charge in [-0.15, -0.1) is 0 Å². The number of hydrogen-bond donors (Lipinski definition) is 2. The Bertz CT molecular complexity index is 494. The van der Waals surface area contributed by atoms with E-state index in [0.29, 0.717) is 12.1 Å². The number of ether oxygens (including phenoxy) is 1. The highest BCUT2D eigenvalue weighted by Gasteiger charge is 2.08. The van der Waals surface area contributed by atoms with Gasteiger partial charge in [0.15, 0.2) is 0 Å². The minimum absolute atomic E-state index is 0.0306. The molecular formula is C18H26N2O2. The second-order valence-corrected chi connectivity index (χ2v) is 5.58. The highest BCUT2D eigenvalue weighted by molar-refractivity contribution is 5.94. The normalized spacial score (nSPS) is 14.3. The van der Waals surface area contributed by atoms with Gasteiger partial charge in [0.2, 0.25) is 0 Å². The van der Waals surface area contributed by atoms with Crippen LogP contribution in [0.5, 0.6) is 5.75 Å². The fraction of sp³-hybridized carbons (Fsp3) is 0.500. The zero-order valence-corrected chi connectivity index (χ0v) is 13.4. The van der Waals surface area contributed by atoms with Crippen molar-refractivity contribution in [1.82, 2.24) is 10.6 Å². The first kappa shape index (κ1) is 16.6. The summed E-state index contributed by atoms with van der Waals surface area (Å²) < 4.78 is 5.65. The Hall–Kier alpha value is -1.81. The third kappa shape index (κ3) is 5.53. The van der Waals surface area contributed by atoms with Crippen molar-refractivity contribution in [3.63, 3.8) is 0 Å². The first-order valence-corrected chi connectivity index (χ1v) is 8.19. The van der Waals surface area contributed by atoms with Crippen molar-refractivity contribution < 1.29 is 9.53 Å². The zero-order valence-electron chi connectivity index (χ0n) is 13.4. The minimum Gasteiger partial charge on any atom is -0.494 e. The summed E-state index contributed by atoms with van der Waals surface area (Å²) in [5.41, 5.74) is 1.97. The average Bonchev–Trinajstić information content (AvgIpc) is 2.58. The van der Waals surface area contributed by atoms with Crippen LogP contribution >= 0.6 is 0 Å². The maximum atomic E-state index is 12.1. The molecule has 2 rings (SSSR count). The molecule has 22 heavy (non-hydrogen) atoms. The maximum Gasteiger partial charge on any atom is 0.251 e. The van der Waals surface area contributed by atoms with Gasteiger partial charge in [0.1, 0.15) is 5.75 Å². The Morgan fingerprint density at radius 1 is 1.27 bits per heavy atom. The van der Waals surface area contributed by atoms with Crippen molar-refractivity contribution in [2.24, 2.45) is 0 Å². The van der Waals surface area contributed by atoms with E-state index in [9.17, 15) is 4.79 Å². The summed E-state index contributed by atoms with van der Waals surface area (Å²) in [4.78, 5) is 12.1. The standard InChI is InChI=1S/C18H26N2O2/c1-2-3-4-13-22-17-7-5-16(6-8-17)18(21)20-14-15-9-11-19-12-10-15/h5-9,19H,2-4,10-14H2,1H3,(H,20,21). The van der Waals surface area contributed by atoms with Crippen LogP contribution in [-0.4, -0.2) is 32.1 Å². The number of carbonyl (C=O) groups is 1. The predicted octanol–water partition coefficient (Wildman–Crippen LogP) is 2.91. The van der Waals surface area contributed by atoms with Gasteiger partial charge in [-0.1, -0.05) is 31.4 Å². The molecule has 1 aromatic carbocycles. The molecule has 0 atom stereocenters. The summed E-state index contributed by atoms with van der Waals surface area (Å²) in [7, 11) is 0. The molecule has 0 saturated heterocycles. The van der Waals surface area contributed by atoms with Crippen molar-refractivity contribution in [3.8, 4) is 5.75 Å². The lowest BCUT2D eigenvalue weighted by atomic mass is 10.1. The number of benzene rings is 1. The van der Waals surface area contributed by atoms with Crippen molar-refractivity contribution >= 4 is 5.91 Å². The Labute approximate surface area is 132 Å². The van der Waals surface area contributed by atoms with E-state index >= 15 is 0 Å². The van der Waals surface area contributed by atoms with E-state index in [0.717, 1.165) is 38.3 Å². The van der Waals surface area contributed by atoms with Crippen molar-refractivity contribution in [1.29, 1.82) is 0 Å². The SMILES string of the molecule is CCCCCOc1ccc(C(=O)NCC2=CCNCC2)cc1. The summed E-state index contributed by atoms with van der Waals surface area (Å²) in [6.07, 6.45) is 6.60. The van der Waals surface area contributed by atoms with Crippen molar-refractivity contribution in [2.75, 3.05) is 26.2 Å². The molecule has 0 bridgehead atoms. The molecule has 0 spiro atoms. The summed E-state index contributed by atoms with van der Waals surface area (Å²) in [5.74, 6) is 0.797. The molecule has 0 saturated carbocycles. The smallest absolute Gasteiger partial charge is 0.251 e. The number of hydrogen-bond acceptors (Lipinski definition) is 3. The second kappa shape index (κ2) is 9.26. The molecule has 4 nitrogen and oxygen atoms in total. The van der Waals surface area contributed by atoms with Gasteiger partial charge in [-0.05, 0) is 43.7 Å². The second-order valence-electron chi connectivity index (χ2n) is 5.58. The number of nitrogens with one attached hydrogen (secondary N) is 2. The van der Waals surface area contributed by atoms with Crippen LogP contribution in [0.15, 0.2) is 35.9 Å². The fourth-order valence-corrected chi connectivity index (χ4v) is 2.37. The molecule has 120 valence electrons. The predicted molar refractivity (Wildman–Crippen MR) is 89.4 cm³/mol. The minimum atomic E-state index is -0.0306. The van der Waals surface area contributed by atoms with Crippen LogP contribution in [0.1, 0.15) is 43.0 Å². The van der Waals surface area contributed by atoms with Gasteiger partial charge >= 0.3 is 0 Å². The van der Waals surface area contributed by atoms with Crippen LogP contribution in [0.4, 0.5) is 0 Å². The van der Waals surface area contributed by atoms with E-state index in [1.165, 1.54) is 18.4 Å². The quantitative estimate of drug-likeness (QED) is 0.573. The first-order valence-electron chi connectivity index (χ1n) is 8.19. The van der Waals surface area contributed by atoms with Crippen LogP contribution in [-0.2, 0) is 0 Å². The summed E-state index contributed by atoms with van der Waals surface area (Å²) >= 11 is 0. The van der Waals surface area contributed by atoms with Crippen LogP contribution < -0.4 is 15.4 Å². The van der Waals surface area contributed by atoms with Gasteiger partial charge in [-0.3, -0.25) is 4.79 Å². The molecule has 0 radical (unpaired) electrons. The molecule has 4 heteroatoms. The summed E-state index contributed by atoms with van der Waals surface area (Å²) in [6.45, 7) is 5.44. The molecular weight excluding hydrogens is 276 g/mol. The van der Waals surface area contributed by atoms with E-state index in [4.69, 9.17) is 4.74 Å². The first-order chi connectivity index (χ1) is 10.8. The molecule has 1 amide bonds. The van der Waals surface area contributed by atoms with Crippen molar-refractivity contribution in [2.45, 2.75) is 32.6 Å². The highest BCUT2D eigenvalue weighted by atomic mass is 16.5. The van der Waals surface area contributed by atoms with E-state index in [1.807, 2.05) is 24.3 Å². The largest absolute Gasteiger partial charge is 0.494 e. The molecule has 0 fully saturated rings. The van der Waals surface area contributed by atoms with Gasteiger partial charge < -0.3 is 15.4 Å². The van der Waals surface area contributed by atoms with Gasteiger partial charge in [-0.2, -0.15) is 0 Å². The van der Waals surface area contributed by atoms with Crippen molar-refractivity contribution in [3.05, 3.63) is 41.5 Å². The molecule has 1 aliphatic heterocycles. The molecule has 1 heterocycles. The van der Waals surface area contributed by atoms with E-state index in [2.05, 4.69) is 23.6 Å². The van der Waals surface area contributed by atoms with Gasteiger partial charge in [-0.25, -0.2) is 0 Å². The Kier molecular flexibility index (Phi) is 6.97. The van der Waals surface area contributed by atoms with Crippen LogP contribution in [0.3, 0.4) is 0 Å². The van der Waals surface area contributed by atoms with E-state index in [1.54, 1.807) is 0 Å². The van der Waals surface area contributed by atoms with Crippen LogP contribution in [0.2, 0.25) is 0 Å². The lowest BCUT2D eigenvalue weighted by Gasteiger charge is -2.14. The number of rotatable bonds is 8. The number of amides is 1. The zero-order chi connectivity index (χ0) is 15.6. The molecule has 0 aliphatic carbocycles. The van der Waals surface area contributed by atoms with Gasteiger partial charge in [0.05, 0.1) is 6.61 Å². The number of unbranched alkanes of at least 4 members (excludes halogenated alkanes) is 2. The molecule has 0 unspecified atom stereocenters. The lowest BCUT2D eigenvalue weighted by molar-refractivity contribution is 0.0956. The monoisotopic (exact) mass is 302 g/mol. The lowest BCUT2D eigenvalue weighted by Crippen LogP contribution is -2.29. The number of carbonyl (C=O) groups excluding carboxylic acids is 1. The third-order valence-electron chi connectivity index (χ3n) is 3.77. The van der Waals surface area contributed by atoms with E-state index < -0.39 is 0 Å². The maximum absolute atomic E-state index is 12.1. The van der Waals surface area contributed by atoms with Crippen LogP contribution in [0, 0.1) is 0 Å². The molecule has 2 N–H and O–H groups in total. The van der Waals surface area contributed by atoms with Gasteiger partial charge in [0, 0.05) is 18.7 Å². The Morgan fingerprint density at radius 3 is 2.77 bits per heavy atom. The van der Waals surface area contributed by atoms with Crippen LogP contribution in [0.25, 0.3) is 0 Å². The Morgan fingerprint density at radius 2 is 2.09 bits per heavy atom. The Balaban J connectivity index is 1.76. The molecule has 0 aromatic heterocycles. The summed E-state index contributed by atoms with van der Waals surface area (Å²) in [5, 5.41) is 6.23. The molecule has 1 aliphatic rings. The average molecular weight is 302 g/mol.